The molecule has 0 radical (unpaired) electrons. The molecule has 0 bridgehead atoms. The number of benzene rings is 1. The van der Waals surface area contributed by atoms with Crippen molar-refractivity contribution in [3.8, 4) is 0 Å². The van der Waals surface area contributed by atoms with Crippen LogP contribution in [0.25, 0.3) is 0 Å². The number of hydrogen-bond donors (Lipinski definition) is 1. The van der Waals surface area contributed by atoms with Gasteiger partial charge in [-0.2, -0.15) is 0 Å². The Bertz CT molecular complexity index is 554. The van der Waals surface area contributed by atoms with Crippen molar-refractivity contribution in [3.05, 3.63) is 35.4 Å². The molecule has 1 aromatic carbocycles. The fourth-order valence-corrected chi connectivity index (χ4v) is 4.44. The maximum Gasteiger partial charge on any atom is 0.216 e. The van der Waals surface area contributed by atoms with Crippen LogP contribution in [0.5, 0.6) is 0 Å². The predicted molar refractivity (Wildman–Crippen MR) is 85.1 cm³/mol. The van der Waals surface area contributed by atoms with Crippen LogP contribution in [0.3, 0.4) is 0 Å². The fourth-order valence-electron chi connectivity index (χ4n) is 2.84. The summed E-state index contributed by atoms with van der Waals surface area (Å²) in [7, 11) is -3.33. The zero-order valence-corrected chi connectivity index (χ0v) is 14.3. The molecule has 114 valence electrons. The topological polar surface area (TPSA) is 46.2 Å². The van der Waals surface area contributed by atoms with Gasteiger partial charge in [0.2, 0.25) is 10.0 Å². The first-order valence-corrected chi connectivity index (χ1v) is 8.61. The van der Waals surface area contributed by atoms with Gasteiger partial charge in [-0.15, -0.1) is 0 Å². The van der Waals surface area contributed by atoms with E-state index in [9.17, 15) is 8.42 Å². The third-order valence-electron chi connectivity index (χ3n) is 2.84. The minimum Gasteiger partial charge on any atom is -0.212 e. The molecule has 1 aromatic rings. The predicted octanol–water partition coefficient (Wildman–Crippen LogP) is 3.63. The van der Waals surface area contributed by atoms with E-state index in [4.69, 9.17) is 0 Å². The summed E-state index contributed by atoms with van der Waals surface area (Å²) < 4.78 is 27.4. The van der Waals surface area contributed by atoms with Gasteiger partial charge in [0.1, 0.15) is 0 Å². The number of hydrogen-bond acceptors (Lipinski definition) is 2. The average Bonchev–Trinajstić information content (AvgIpc) is 2.08. The van der Waals surface area contributed by atoms with Gasteiger partial charge in [0.15, 0.2) is 0 Å². The van der Waals surface area contributed by atoms with Crippen molar-refractivity contribution in [2.75, 3.05) is 0 Å². The highest BCUT2D eigenvalue weighted by Crippen LogP contribution is 2.27. The van der Waals surface area contributed by atoms with E-state index in [0.717, 1.165) is 17.5 Å². The highest BCUT2D eigenvalue weighted by atomic mass is 32.2. The molecule has 0 heterocycles. The highest BCUT2D eigenvalue weighted by molar-refractivity contribution is 7.88. The van der Waals surface area contributed by atoms with E-state index in [0.29, 0.717) is 0 Å². The van der Waals surface area contributed by atoms with Crippen LogP contribution >= 0.6 is 0 Å². The standard InChI is InChI=1S/C16H27NO2S/c1-13-8-7-9-14(10-13)11-20(18,19)17-16(5,6)12-15(2,3)4/h7-10,17H,11-12H2,1-6H3. The van der Waals surface area contributed by atoms with E-state index < -0.39 is 15.6 Å². The fraction of sp³-hybridized carbons (Fsp3) is 0.625. The van der Waals surface area contributed by atoms with Crippen molar-refractivity contribution in [1.82, 2.24) is 4.72 Å². The van der Waals surface area contributed by atoms with Crippen LogP contribution in [0.2, 0.25) is 0 Å². The summed E-state index contributed by atoms with van der Waals surface area (Å²) in [5, 5.41) is 0. The number of rotatable bonds is 5. The summed E-state index contributed by atoms with van der Waals surface area (Å²) in [5.41, 5.74) is 1.53. The van der Waals surface area contributed by atoms with Crippen LogP contribution in [-0.2, 0) is 15.8 Å². The summed E-state index contributed by atoms with van der Waals surface area (Å²) in [5.74, 6) is 0.0300. The second kappa shape index (κ2) is 5.86. The molecule has 0 aliphatic heterocycles. The van der Waals surface area contributed by atoms with Gasteiger partial charge in [0.05, 0.1) is 5.75 Å². The molecule has 0 aliphatic carbocycles. The Labute approximate surface area is 123 Å². The Kier molecular flexibility index (Phi) is 5.03. The maximum absolute atomic E-state index is 12.3. The third kappa shape index (κ3) is 6.53. The number of aryl methyl sites for hydroxylation is 1. The van der Waals surface area contributed by atoms with E-state index in [2.05, 4.69) is 25.5 Å². The van der Waals surface area contributed by atoms with Crippen LogP contribution < -0.4 is 4.72 Å². The van der Waals surface area contributed by atoms with Crippen molar-refractivity contribution in [1.29, 1.82) is 0 Å². The van der Waals surface area contributed by atoms with E-state index in [1.165, 1.54) is 0 Å². The summed E-state index contributed by atoms with van der Waals surface area (Å²) in [4.78, 5) is 0. The lowest BCUT2D eigenvalue weighted by atomic mass is 9.82. The van der Waals surface area contributed by atoms with Crippen LogP contribution in [-0.4, -0.2) is 14.0 Å². The molecule has 1 N–H and O–H groups in total. The minimum atomic E-state index is -3.33. The Hall–Kier alpha value is -0.870. The first-order chi connectivity index (χ1) is 8.89. The van der Waals surface area contributed by atoms with Gasteiger partial charge in [0.25, 0.3) is 0 Å². The largest absolute Gasteiger partial charge is 0.216 e. The molecule has 3 nitrogen and oxygen atoms in total. The van der Waals surface area contributed by atoms with E-state index >= 15 is 0 Å². The molecule has 0 spiro atoms. The molecule has 0 fully saturated rings. The van der Waals surface area contributed by atoms with Crippen molar-refractivity contribution in [3.63, 3.8) is 0 Å². The summed E-state index contributed by atoms with van der Waals surface area (Å²) in [6, 6.07) is 7.62. The molecular weight excluding hydrogens is 270 g/mol. The molecular formula is C16H27NO2S. The molecule has 0 saturated heterocycles. The van der Waals surface area contributed by atoms with Gasteiger partial charge in [-0.3, -0.25) is 0 Å². The molecule has 4 heteroatoms. The Balaban J connectivity index is 2.80. The smallest absolute Gasteiger partial charge is 0.212 e. The van der Waals surface area contributed by atoms with Gasteiger partial charge in [0, 0.05) is 5.54 Å². The summed E-state index contributed by atoms with van der Waals surface area (Å²) >= 11 is 0. The second-order valence-corrected chi connectivity index (χ2v) is 9.19. The van der Waals surface area contributed by atoms with Crippen LogP contribution in [0.4, 0.5) is 0 Å². The van der Waals surface area contributed by atoms with Crippen molar-refractivity contribution < 1.29 is 8.42 Å². The molecule has 0 atom stereocenters. The number of nitrogens with one attached hydrogen (secondary N) is 1. The maximum atomic E-state index is 12.3. The third-order valence-corrected chi connectivity index (χ3v) is 4.42. The SMILES string of the molecule is Cc1cccc(CS(=O)(=O)NC(C)(C)CC(C)(C)C)c1. The van der Waals surface area contributed by atoms with Crippen molar-refractivity contribution >= 4 is 10.0 Å². The first-order valence-electron chi connectivity index (χ1n) is 6.96. The van der Waals surface area contributed by atoms with Crippen molar-refractivity contribution in [2.24, 2.45) is 5.41 Å². The van der Waals surface area contributed by atoms with Gasteiger partial charge < -0.3 is 0 Å². The zero-order valence-electron chi connectivity index (χ0n) is 13.4. The Morgan fingerprint density at radius 2 is 1.70 bits per heavy atom. The van der Waals surface area contributed by atoms with E-state index in [1.807, 2.05) is 45.0 Å². The summed E-state index contributed by atoms with van der Waals surface area (Å²) in [6.07, 6.45) is 0.785. The van der Waals surface area contributed by atoms with Gasteiger partial charge in [-0.05, 0) is 38.2 Å². The molecule has 0 aliphatic rings. The molecule has 0 saturated carbocycles. The quantitative estimate of drug-likeness (QED) is 0.902. The Morgan fingerprint density at radius 1 is 1.10 bits per heavy atom. The highest BCUT2D eigenvalue weighted by Gasteiger charge is 2.29. The molecule has 0 aromatic heterocycles. The van der Waals surface area contributed by atoms with Crippen LogP contribution in [0.1, 0.15) is 52.2 Å². The first kappa shape index (κ1) is 17.2. The lowest BCUT2D eigenvalue weighted by Crippen LogP contribution is -2.46. The normalized spacial score (nSPS) is 13.5. The molecule has 0 unspecified atom stereocenters. The zero-order chi connectivity index (χ0) is 15.6. The minimum absolute atomic E-state index is 0.0300. The van der Waals surface area contributed by atoms with Crippen molar-refractivity contribution in [2.45, 2.75) is 59.3 Å². The van der Waals surface area contributed by atoms with E-state index in [1.54, 1.807) is 0 Å². The average molecular weight is 297 g/mol. The Morgan fingerprint density at radius 3 is 2.20 bits per heavy atom. The van der Waals surface area contributed by atoms with E-state index in [-0.39, 0.29) is 11.2 Å². The molecule has 1 rings (SSSR count). The number of sulfonamides is 1. The lowest BCUT2D eigenvalue weighted by molar-refractivity contribution is 0.269. The van der Waals surface area contributed by atoms with Gasteiger partial charge in [-0.25, -0.2) is 13.1 Å². The monoisotopic (exact) mass is 297 g/mol. The molecule has 0 amide bonds. The lowest BCUT2D eigenvalue weighted by Gasteiger charge is -2.33. The van der Waals surface area contributed by atoms with Crippen LogP contribution in [0.15, 0.2) is 24.3 Å². The van der Waals surface area contributed by atoms with Gasteiger partial charge in [-0.1, -0.05) is 50.6 Å². The van der Waals surface area contributed by atoms with Crippen LogP contribution in [0, 0.1) is 12.3 Å². The summed E-state index contributed by atoms with van der Waals surface area (Å²) in [6.45, 7) is 12.2. The van der Waals surface area contributed by atoms with Gasteiger partial charge >= 0.3 is 0 Å². The molecule has 20 heavy (non-hydrogen) atoms. The second-order valence-electron chi connectivity index (χ2n) is 7.47.